The Balaban J connectivity index is -0.000000130. The van der Waals surface area contributed by atoms with Crippen molar-refractivity contribution in [2.75, 3.05) is 39.3 Å². The third-order valence-electron chi connectivity index (χ3n) is 3.06. The van der Waals surface area contributed by atoms with Gasteiger partial charge in [0.15, 0.2) is 0 Å². The first-order chi connectivity index (χ1) is 11.2. The molecular weight excluding hydrogens is 612 g/mol. The van der Waals surface area contributed by atoms with Gasteiger partial charge in [0.2, 0.25) is 0 Å². The first-order valence-electron chi connectivity index (χ1n) is 8.04. The third kappa shape index (κ3) is 21.2. The van der Waals surface area contributed by atoms with E-state index < -0.39 is 0 Å². The summed E-state index contributed by atoms with van der Waals surface area (Å²) in [5.41, 5.74) is 0. The van der Waals surface area contributed by atoms with Crippen molar-refractivity contribution in [2.24, 2.45) is 0 Å². The summed E-state index contributed by atoms with van der Waals surface area (Å²) in [6.45, 7) is 17.8. The van der Waals surface area contributed by atoms with E-state index in [9.17, 15) is 0 Å². The average molecular weight is 642 g/mol. The van der Waals surface area contributed by atoms with Crippen molar-refractivity contribution in [1.82, 2.24) is 14.7 Å². The van der Waals surface area contributed by atoms with Crippen LogP contribution in [-0.4, -0.2) is 66.9 Å². The molecule has 3 nitrogen and oxygen atoms in total. The summed E-state index contributed by atoms with van der Waals surface area (Å²) in [5, 5.41) is 0. The number of hydrogen-bond donors (Lipinski definition) is 0. The molecule has 0 bridgehead atoms. The van der Waals surface area contributed by atoms with E-state index >= 15 is 0 Å². The maximum atomic E-state index is 4.76. The zero-order valence-electron chi connectivity index (χ0n) is 15.8. The molecule has 0 atom stereocenters. The summed E-state index contributed by atoms with van der Waals surface area (Å²) < 4.78 is 1.74. The van der Waals surface area contributed by atoms with Crippen LogP contribution in [0.4, 0.5) is 0 Å². The van der Waals surface area contributed by atoms with Crippen molar-refractivity contribution in [2.45, 2.75) is 41.5 Å². The second kappa shape index (κ2) is 23.1. The summed E-state index contributed by atoms with van der Waals surface area (Å²) in [4.78, 5) is 5.89. The predicted molar refractivity (Wildman–Crippen MR) is 129 cm³/mol. The van der Waals surface area contributed by atoms with Crippen LogP contribution in [0.1, 0.15) is 41.5 Å². The molecule has 0 aliphatic heterocycles. The average Bonchev–Trinajstić information content (AvgIpc) is 2.51. The topological polar surface area (TPSA) is 9.72 Å². The van der Waals surface area contributed by atoms with E-state index in [-0.39, 0.29) is 22.4 Å². The van der Waals surface area contributed by atoms with Gasteiger partial charge in [-0.2, -0.15) is 0 Å². The smallest absolute Gasteiger partial charge is 0.411 e. The fourth-order valence-corrected chi connectivity index (χ4v) is 2.99. The van der Waals surface area contributed by atoms with E-state index in [1.165, 1.54) is 0 Å². The molecule has 152 valence electrons. The van der Waals surface area contributed by atoms with Crippen LogP contribution in [0, 0.1) is 0 Å². The Kier molecular flexibility index (Phi) is 31.1. The monoisotopic (exact) mass is 641 g/mol. The molecule has 0 spiro atoms. The van der Waals surface area contributed by atoms with E-state index in [0.717, 1.165) is 39.3 Å². The van der Waals surface area contributed by atoms with E-state index in [1.807, 2.05) is 56.2 Å². The van der Waals surface area contributed by atoms with Crippen LogP contribution in [0.15, 0.2) is 0 Å². The van der Waals surface area contributed by atoms with Gasteiger partial charge in [-0.05, 0) is 41.5 Å². The molecule has 0 fully saturated rings. The molecule has 0 N–H and O–H groups in total. The fourth-order valence-electron chi connectivity index (χ4n) is 1.45. The van der Waals surface area contributed by atoms with Gasteiger partial charge in [0.25, 0.3) is 0 Å². The van der Waals surface area contributed by atoms with Crippen LogP contribution in [0.2, 0.25) is 0 Å². The molecule has 0 aliphatic carbocycles. The Morgan fingerprint density at radius 1 is 0.520 bits per heavy atom. The van der Waals surface area contributed by atoms with Crippen molar-refractivity contribution in [3.8, 4) is 0 Å². The second-order valence-electron chi connectivity index (χ2n) is 4.31. The summed E-state index contributed by atoms with van der Waals surface area (Å²) >= 11 is 28.5. The molecule has 0 radical (unpaired) electrons. The van der Waals surface area contributed by atoms with E-state index in [0.29, 0.717) is 13.0 Å². The van der Waals surface area contributed by atoms with Gasteiger partial charge < -0.3 is 89.2 Å². The quantitative estimate of drug-likeness (QED) is 0.243. The van der Waals surface area contributed by atoms with Gasteiger partial charge in [-0.3, -0.25) is 0 Å². The Morgan fingerprint density at radius 2 is 0.640 bits per heavy atom. The van der Waals surface area contributed by atoms with Gasteiger partial charge in [0.05, 0.1) is 0 Å². The molecule has 0 amide bonds. The van der Waals surface area contributed by atoms with E-state index in [2.05, 4.69) is 0 Å². The van der Waals surface area contributed by atoms with Crippen molar-refractivity contribution >= 4 is 87.5 Å². The molecule has 0 aliphatic rings. The van der Waals surface area contributed by atoms with Gasteiger partial charge in [0.1, 0.15) is 0 Å². The summed E-state index contributed by atoms with van der Waals surface area (Å²) in [6, 6.07) is 0. The zero-order valence-corrected chi connectivity index (χ0v) is 22.9. The molecule has 0 heterocycles. The minimum absolute atomic E-state index is 0. The van der Waals surface area contributed by atoms with Crippen LogP contribution in [0.25, 0.3) is 0 Å². The summed E-state index contributed by atoms with van der Waals surface area (Å²) in [7, 11) is 0. The fraction of sp³-hybridized carbons (Fsp3) is 0.800. The second-order valence-corrected chi connectivity index (χ2v) is 7.41. The molecule has 25 heavy (non-hydrogen) atoms. The minimum Gasteiger partial charge on any atom is -0.411 e. The molecule has 0 aromatic heterocycles. The molecule has 0 saturated heterocycles. The van der Waals surface area contributed by atoms with Gasteiger partial charge >= 0.3 is 22.4 Å². The van der Waals surface area contributed by atoms with E-state index in [4.69, 9.17) is 74.5 Å². The largest absolute Gasteiger partial charge is 3.00 e. The van der Waals surface area contributed by atoms with Crippen molar-refractivity contribution in [3.63, 3.8) is 0 Å². The van der Waals surface area contributed by atoms with Crippen molar-refractivity contribution in [1.29, 1.82) is 0 Å². The maximum absolute atomic E-state index is 4.76. The molecule has 0 rings (SSSR count). The molecule has 0 aromatic carbocycles. The van der Waals surface area contributed by atoms with Gasteiger partial charge in [-0.25, -0.2) is 0 Å². The Morgan fingerprint density at radius 3 is 0.640 bits per heavy atom. The molecular formula is C15H30AuN3S6. The number of nitrogens with zero attached hydrogens (tertiary/aromatic N) is 3. The molecule has 0 aromatic rings. The Labute approximate surface area is 203 Å². The Bertz CT molecular complexity index is 294. The van der Waals surface area contributed by atoms with Crippen LogP contribution < -0.4 is 0 Å². The predicted octanol–water partition coefficient (Wildman–Crippen LogP) is 3.48. The number of rotatable bonds is 6. The first kappa shape index (κ1) is 33.6. The summed E-state index contributed by atoms with van der Waals surface area (Å²) in [5.74, 6) is 0. The molecule has 10 heteroatoms. The third-order valence-corrected chi connectivity index (χ3v) is 4.61. The zero-order chi connectivity index (χ0) is 19.7. The normalized spacial score (nSPS) is 8.40. The molecule has 0 saturated carbocycles. The number of hydrogen-bond acceptors (Lipinski definition) is 6. The van der Waals surface area contributed by atoms with E-state index in [1.54, 1.807) is 0 Å². The molecule has 0 unspecified atom stereocenters. The van der Waals surface area contributed by atoms with Crippen molar-refractivity contribution < 1.29 is 22.4 Å². The first-order valence-corrected chi connectivity index (χ1v) is 10.5. The van der Waals surface area contributed by atoms with Crippen molar-refractivity contribution in [3.05, 3.63) is 0 Å². The van der Waals surface area contributed by atoms with Gasteiger partial charge in [0, 0.05) is 39.3 Å². The number of thiocarbonyl (C=S) groups is 3. The van der Waals surface area contributed by atoms with Crippen LogP contribution in [0.5, 0.6) is 0 Å². The van der Waals surface area contributed by atoms with Crippen LogP contribution >= 0.6 is 36.7 Å². The SMILES string of the molecule is CCN(CC)C(=S)[S-].CCN(CC)C(=S)[S-].CCN(CC)C(=S)[S-].[Au+3]. The summed E-state index contributed by atoms with van der Waals surface area (Å²) in [6.07, 6.45) is 0. The van der Waals surface area contributed by atoms with Crippen LogP contribution in [0.3, 0.4) is 0 Å². The van der Waals surface area contributed by atoms with Gasteiger partial charge in [-0.1, -0.05) is 13.0 Å². The van der Waals surface area contributed by atoms with Gasteiger partial charge in [-0.15, -0.1) is 0 Å². The maximum Gasteiger partial charge on any atom is 3.00 e. The van der Waals surface area contributed by atoms with Crippen LogP contribution in [-0.2, 0) is 60.3 Å². The minimum atomic E-state index is 0. The Hall–Kier alpha value is 1.07. The standard InChI is InChI=1S/3C5H11NS2.Au/c3*1-3-6(4-2)5(7)8;/h3*3-4H2,1-2H3,(H,7,8);/q;;;+3/p-3.